The molecule has 1 aromatic rings. The Morgan fingerprint density at radius 2 is 2.05 bits per heavy atom. The highest BCUT2D eigenvalue weighted by Gasteiger charge is 2.36. The predicted octanol–water partition coefficient (Wildman–Crippen LogP) is 1.08. The average molecular weight is 262 g/mol. The highest BCUT2D eigenvalue weighted by atomic mass is 16.5. The van der Waals surface area contributed by atoms with E-state index < -0.39 is 0 Å². The summed E-state index contributed by atoms with van der Waals surface area (Å²) in [5.41, 5.74) is 6.63. The van der Waals surface area contributed by atoms with Crippen molar-refractivity contribution in [1.82, 2.24) is 4.90 Å². The Balaban J connectivity index is 1.82. The average Bonchev–Trinajstić information content (AvgIpc) is 2.66. The van der Waals surface area contributed by atoms with E-state index >= 15 is 0 Å². The van der Waals surface area contributed by atoms with Gasteiger partial charge < -0.3 is 20.1 Å². The molecule has 2 heterocycles. The number of fused-ring (bicyclic) bond motifs is 1. The number of benzene rings is 1. The van der Waals surface area contributed by atoms with E-state index in [9.17, 15) is 4.79 Å². The highest BCUT2D eigenvalue weighted by molar-refractivity contribution is 5.83. The van der Waals surface area contributed by atoms with Crippen LogP contribution in [0.2, 0.25) is 0 Å². The van der Waals surface area contributed by atoms with Crippen LogP contribution in [0.4, 0.5) is 0 Å². The van der Waals surface area contributed by atoms with Crippen LogP contribution >= 0.6 is 0 Å². The van der Waals surface area contributed by atoms with E-state index in [1.54, 1.807) is 0 Å². The van der Waals surface area contributed by atoms with Crippen molar-refractivity contribution in [3.63, 3.8) is 0 Å². The van der Waals surface area contributed by atoms with Crippen LogP contribution in [0, 0.1) is 0 Å². The molecule has 0 aromatic heterocycles. The maximum Gasteiger partial charge on any atom is 0.225 e. The van der Waals surface area contributed by atoms with Crippen molar-refractivity contribution in [2.75, 3.05) is 26.3 Å². The second kappa shape index (κ2) is 5.09. The Morgan fingerprint density at radius 1 is 1.26 bits per heavy atom. The van der Waals surface area contributed by atoms with Gasteiger partial charge in [0.25, 0.3) is 0 Å². The number of nitrogens with two attached hydrogens (primary N) is 1. The molecule has 1 unspecified atom stereocenters. The molecule has 1 fully saturated rings. The van der Waals surface area contributed by atoms with Crippen LogP contribution in [0.5, 0.6) is 11.5 Å². The number of carbonyl (C=O) groups is 1. The summed E-state index contributed by atoms with van der Waals surface area (Å²) >= 11 is 0. The molecule has 0 bridgehead atoms. The predicted molar refractivity (Wildman–Crippen MR) is 70.2 cm³/mol. The van der Waals surface area contributed by atoms with Crippen LogP contribution in [0.25, 0.3) is 0 Å². The summed E-state index contributed by atoms with van der Waals surface area (Å²) in [5.74, 6) is 1.74. The summed E-state index contributed by atoms with van der Waals surface area (Å²) in [6.45, 7) is 2.46. The highest BCUT2D eigenvalue weighted by Crippen LogP contribution is 2.38. The molecule has 1 saturated heterocycles. The fourth-order valence-electron chi connectivity index (χ4n) is 2.56. The summed E-state index contributed by atoms with van der Waals surface area (Å²) in [7, 11) is 0. The van der Waals surface area contributed by atoms with Gasteiger partial charge in [0.05, 0.1) is 25.7 Å². The van der Waals surface area contributed by atoms with Crippen molar-refractivity contribution in [2.45, 2.75) is 18.9 Å². The van der Waals surface area contributed by atoms with Gasteiger partial charge in [-0.3, -0.25) is 4.79 Å². The van der Waals surface area contributed by atoms with E-state index in [0.29, 0.717) is 32.7 Å². The van der Waals surface area contributed by atoms with E-state index in [-0.39, 0.29) is 11.9 Å². The minimum absolute atomic E-state index is 0.133. The lowest BCUT2D eigenvalue weighted by atomic mass is 9.93. The third-order valence-corrected chi connectivity index (χ3v) is 3.59. The Labute approximate surface area is 112 Å². The van der Waals surface area contributed by atoms with E-state index in [4.69, 9.17) is 15.2 Å². The molecule has 1 aromatic carbocycles. The van der Waals surface area contributed by atoms with Crippen molar-refractivity contribution in [2.24, 2.45) is 5.73 Å². The third kappa shape index (κ3) is 2.26. The number of rotatable bonds is 3. The summed E-state index contributed by atoms with van der Waals surface area (Å²) in [6.07, 6.45) is 1.45. The van der Waals surface area contributed by atoms with Crippen LogP contribution in [0.15, 0.2) is 18.2 Å². The number of hydrogen-bond acceptors (Lipinski definition) is 4. The third-order valence-electron chi connectivity index (χ3n) is 3.59. The molecule has 0 radical (unpaired) electrons. The zero-order chi connectivity index (χ0) is 13.2. The van der Waals surface area contributed by atoms with Gasteiger partial charge in [0.15, 0.2) is 11.5 Å². The fourth-order valence-corrected chi connectivity index (χ4v) is 2.56. The minimum Gasteiger partial charge on any atom is -0.490 e. The molecule has 2 N–H and O–H groups in total. The smallest absolute Gasteiger partial charge is 0.225 e. The summed E-state index contributed by atoms with van der Waals surface area (Å²) in [5, 5.41) is 0. The van der Waals surface area contributed by atoms with E-state index in [2.05, 4.69) is 0 Å². The largest absolute Gasteiger partial charge is 0.490 e. The second-order valence-electron chi connectivity index (χ2n) is 4.85. The standard InChI is InChI=1S/C14H18N2O3/c15-4-5-16-11(9-14(16)17)10-2-3-12-13(8-10)19-7-1-6-18-12/h2-3,8,11H,1,4-7,9,15H2. The number of hydrogen-bond donors (Lipinski definition) is 1. The molecule has 5 nitrogen and oxygen atoms in total. The SMILES string of the molecule is NCCN1C(=O)CC1c1ccc2c(c1)OCCCO2. The van der Waals surface area contributed by atoms with Crippen molar-refractivity contribution >= 4 is 5.91 Å². The van der Waals surface area contributed by atoms with Crippen LogP contribution in [0.3, 0.4) is 0 Å². The van der Waals surface area contributed by atoms with Crippen LogP contribution in [0.1, 0.15) is 24.4 Å². The molecular formula is C14H18N2O3. The molecule has 1 amide bonds. The van der Waals surface area contributed by atoms with Gasteiger partial charge in [0.2, 0.25) is 5.91 Å². The van der Waals surface area contributed by atoms with Crippen LogP contribution in [-0.2, 0) is 4.79 Å². The molecule has 0 saturated carbocycles. The zero-order valence-corrected chi connectivity index (χ0v) is 10.8. The van der Waals surface area contributed by atoms with Crippen LogP contribution < -0.4 is 15.2 Å². The topological polar surface area (TPSA) is 64.8 Å². The van der Waals surface area contributed by atoms with Crippen molar-refractivity contribution < 1.29 is 14.3 Å². The van der Waals surface area contributed by atoms with Gasteiger partial charge in [-0.15, -0.1) is 0 Å². The number of carbonyl (C=O) groups excluding carboxylic acids is 1. The number of nitrogens with zero attached hydrogens (tertiary/aromatic N) is 1. The number of amides is 1. The first-order valence-corrected chi connectivity index (χ1v) is 6.68. The van der Waals surface area contributed by atoms with Crippen molar-refractivity contribution in [1.29, 1.82) is 0 Å². The number of ether oxygens (including phenoxy) is 2. The Hall–Kier alpha value is -1.75. The molecule has 5 heteroatoms. The first kappa shape index (κ1) is 12.3. The molecule has 1 atom stereocenters. The van der Waals surface area contributed by atoms with Gasteiger partial charge in [-0.05, 0) is 17.7 Å². The van der Waals surface area contributed by atoms with E-state index in [1.807, 2.05) is 23.1 Å². The maximum atomic E-state index is 11.6. The summed E-state index contributed by atoms with van der Waals surface area (Å²) < 4.78 is 11.3. The Bertz CT molecular complexity index is 490. The molecule has 19 heavy (non-hydrogen) atoms. The van der Waals surface area contributed by atoms with Gasteiger partial charge in [-0.25, -0.2) is 0 Å². The Morgan fingerprint density at radius 3 is 2.79 bits per heavy atom. The molecule has 0 aliphatic carbocycles. The van der Waals surface area contributed by atoms with Gasteiger partial charge in [0.1, 0.15) is 0 Å². The second-order valence-corrected chi connectivity index (χ2v) is 4.85. The lowest BCUT2D eigenvalue weighted by Crippen LogP contribution is -2.48. The summed E-state index contributed by atoms with van der Waals surface area (Å²) in [4.78, 5) is 13.4. The quantitative estimate of drug-likeness (QED) is 0.828. The zero-order valence-electron chi connectivity index (χ0n) is 10.8. The van der Waals surface area contributed by atoms with Gasteiger partial charge >= 0.3 is 0 Å². The van der Waals surface area contributed by atoms with Gasteiger partial charge in [-0.1, -0.05) is 6.07 Å². The van der Waals surface area contributed by atoms with Gasteiger partial charge in [0, 0.05) is 19.5 Å². The lowest BCUT2D eigenvalue weighted by molar-refractivity contribution is -0.146. The monoisotopic (exact) mass is 262 g/mol. The Kier molecular flexibility index (Phi) is 3.29. The number of likely N-dealkylation sites (tertiary alicyclic amines) is 1. The first-order valence-electron chi connectivity index (χ1n) is 6.68. The molecule has 3 rings (SSSR count). The lowest BCUT2D eigenvalue weighted by Gasteiger charge is -2.40. The number of β-lactam (4-membered cyclic amide) rings is 1. The van der Waals surface area contributed by atoms with E-state index in [0.717, 1.165) is 23.5 Å². The molecule has 2 aliphatic heterocycles. The van der Waals surface area contributed by atoms with Gasteiger partial charge in [-0.2, -0.15) is 0 Å². The maximum absolute atomic E-state index is 11.6. The fraction of sp³-hybridized carbons (Fsp3) is 0.500. The van der Waals surface area contributed by atoms with Crippen molar-refractivity contribution in [3.05, 3.63) is 23.8 Å². The van der Waals surface area contributed by atoms with Crippen LogP contribution in [-0.4, -0.2) is 37.1 Å². The normalized spacial score (nSPS) is 21.8. The molecule has 2 aliphatic rings. The molecule has 102 valence electrons. The molecule has 0 spiro atoms. The molecular weight excluding hydrogens is 244 g/mol. The first-order chi connectivity index (χ1) is 9.29. The summed E-state index contributed by atoms with van der Waals surface area (Å²) in [6, 6.07) is 6.06. The van der Waals surface area contributed by atoms with E-state index in [1.165, 1.54) is 0 Å². The van der Waals surface area contributed by atoms with Crippen molar-refractivity contribution in [3.8, 4) is 11.5 Å². The minimum atomic E-state index is 0.133.